The van der Waals surface area contributed by atoms with Gasteiger partial charge in [0.05, 0.1) is 35.5 Å². The van der Waals surface area contributed by atoms with Gasteiger partial charge in [-0.15, -0.1) is 11.3 Å². The van der Waals surface area contributed by atoms with Crippen LogP contribution in [0.5, 0.6) is 5.75 Å². The Morgan fingerprint density at radius 3 is 3.14 bits per heavy atom. The van der Waals surface area contributed by atoms with Crippen molar-refractivity contribution in [2.45, 2.75) is 13.3 Å². The van der Waals surface area contributed by atoms with Crippen molar-refractivity contribution in [1.29, 1.82) is 0 Å². The molecule has 1 heterocycles. The van der Waals surface area contributed by atoms with Crippen LogP contribution in [0.1, 0.15) is 18.2 Å². The minimum atomic E-state index is -0.316. The number of ether oxygens (including phenoxy) is 1. The number of thiazole rings is 1. The molecule has 0 aliphatic rings. The number of nitrogens with one attached hydrogen (secondary N) is 1. The van der Waals surface area contributed by atoms with Crippen LogP contribution >= 0.6 is 22.9 Å². The number of phenolic OH excluding ortho intramolecular Hbond substituents is 1. The summed E-state index contributed by atoms with van der Waals surface area (Å²) in [5.41, 5.74) is 3.76. The second kappa shape index (κ2) is 7.77. The Morgan fingerprint density at radius 1 is 1.59 bits per heavy atom. The third-order valence-corrected chi connectivity index (χ3v) is 3.69. The molecule has 0 amide bonds. The van der Waals surface area contributed by atoms with Gasteiger partial charge in [0, 0.05) is 5.38 Å². The number of aromatic hydroxyl groups is 1. The second-order valence-electron chi connectivity index (χ2n) is 4.17. The van der Waals surface area contributed by atoms with Gasteiger partial charge in [-0.05, 0) is 19.1 Å². The Hall–Kier alpha value is -2.12. The fraction of sp³-hybridized carbons (Fsp3) is 0.214. The standard InChI is InChI=1S/C14H14ClN3O3S/c1-2-21-13(20)6-9-8-22-14(17-9)18-16-7-10-11(15)4-3-5-12(10)19/h3-5,7-8,19H,2,6H2,1H3,(H,17,18). The number of hydrogen-bond acceptors (Lipinski definition) is 7. The van der Waals surface area contributed by atoms with Crippen molar-refractivity contribution >= 4 is 40.3 Å². The lowest BCUT2D eigenvalue weighted by Crippen LogP contribution is -2.07. The Balaban J connectivity index is 1.96. The monoisotopic (exact) mass is 339 g/mol. The Morgan fingerprint density at radius 2 is 2.41 bits per heavy atom. The van der Waals surface area contributed by atoms with Gasteiger partial charge in [0.1, 0.15) is 5.75 Å². The van der Waals surface area contributed by atoms with Crippen LogP contribution in [0.25, 0.3) is 0 Å². The lowest BCUT2D eigenvalue weighted by molar-refractivity contribution is -0.142. The van der Waals surface area contributed by atoms with Crippen molar-refractivity contribution in [3.63, 3.8) is 0 Å². The van der Waals surface area contributed by atoms with Crippen LogP contribution in [0.15, 0.2) is 28.7 Å². The third kappa shape index (κ3) is 4.44. The predicted octanol–water partition coefficient (Wildman–Crippen LogP) is 3.05. The highest BCUT2D eigenvalue weighted by Crippen LogP contribution is 2.23. The number of nitrogens with zero attached hydrogens (tertiary/aromatic N) is 2. The maximum absolute atomic E-state index is 11.3. The van der Waals surface area contributed by atoms with Gasteiger partial charge in [0.2, 0.25) is 5.13 Å². The van der Waals surface area contributed by atoms with E-state index in [1.807, 2.05) is 0 Å². The molecule has 0 radical (unpaired) electrons. The van der Waals surface area contributed by atoms with Crippen LogP contribution in [-0.4, -0.2) is 28.9 Å². The first-order chi connectivity index (χ1) is 10.6. The van der Waals surface area contributed by atoms with Crippen LogP contribution in [0.4, 0.5) is 5.13 Å². The van der Waals surface area contributed by atoms with Gasteiger partial charge in [0.15, 0.2) is 0 Å². The normalized spacial score (nSPS) is 10.8. The van der Waals surface area contributed by atoms with Crippen molar-refractivity contribution < 1.29 is 14.6 Å². The van der Waals surface area contributed by atoms with E-state index in [4.69, 9.17) is 16.3 Å². The molecular weight excluding hydrogens is 326 g/mol. The van der Waals surface area contributed by atoms with Crippen LogP contribution in [0.2, 0.25) is 5.02 Å². The van der Waals surface area contributed by atoms with E-state index in [-0.39, 0.29) is 18.1 Å². The van der Waals surface area contributed by atoms with Crippen molar-refractivity contribution in [3.05, 3.63) is 39.9 Å². The molecule has 22 heavy (non-hydrogen) atoms. The van der Waals surface area contributed by atoms with Crippen molar-refractivity contribution in [2.24, 2.45) is 5.10 Å². The number of hydrazone groups is 1. The molecule has 0 aliphatic carbocycles. The summed E-state index contributed by atoms with van der Waals surface area (Å²) in [6, 6.07) is 4.82. The van der Waals surface area contributed by atoms with E-state index in [1.54, 1.807) is 24.4 Å². The Labute approximate surface area is 136 Å². The zero-order valence-corrected chi connectivity index (χ0v) is 13.3. The van der Waals surface area contributed by atoms with Crippen molar-refractivity contribution in [3.8, 4) is 5.75 Å². The Kier molecular flexibility index (Phi) is 5.74. The van der Waals surface area contributed by atoms with E-state index in [0.717, 1.165) is 0 Å². The van der Waals surface area contributed by atoms with Crippen LogP contribution in [-0.2, 0) is 16.0 Å². The molecule has 1 aromatic heterocycles. The first-order valence-corrected chi connectivity index (χ1v) is 7.72. The van der Waals surface area contributed by atoms with E-state index in [0.29, 0.717) is 28.0 Å². The number of halogens is 1. The minimum Gasteiger partial charge on any atom is -0.507 e. The van der Waals surface area contributed by atoms with Gasteiger partial charge in [0.25, 0.3) is 0 Å². The van der Waals surface area contributed by atoms with Gasteiger partial charge in [-0.1, -0.05) is 17.7 Å². The molecule has 0 atom stereocenters. The summed E-state index contributed by atoms with van der Waals surface area (Å²) < 4.78 is 4.85. The number of benzene rings is 1. The molecular formula is C14H14ClN3O3S. The molecule has 6 nitrogen and oxygen atoms in total. The van der Waals surface area contributed by atoms with Gasteiger partial charge in [-0.3, -0.25) is 10.2 Å². The van der Waals surface area contributed by atoms with Crippen LogP contribution in [0, 0.1) is 0 Å². The van der Waals surface area contributed by atoms with Crippen molar-refractivity contribution in [2.75, 3.05) is 12.0 Å². The van der Waals surface area contributed by atoms with E-state index >= 15 is 0 Å². The first-order valence-electron chi connectivity index (χ1n) is 6.46. The predicted molar refractivity (Wildman–Crippen MR) is 86.8 cm³/mol. The number of esters is 1. The molecule has 0 saturated carbocycles. The third-order valence-electron chi connectivity index (χ3n) is 2.57. The summed E-state index contributed by atoms with van der Waals surface area (Å²) in [5, 5.41) is 16.3. The molecule has 1 aromatic carbocycles. The SMILES string of the molecule is CCOC(=O)Cc1csc(NN=Cc2c(O)cccc2Cl)n1. The number of aromatic nitrogens is 1. The van der Waals surface area contributed by atoms with E-state index in [9.17, 15) is 9.90 Å². The van der Waals surface area contributed by atoms with Crippen molar-refractivity contribution in [1.82, 2.24) is 4.98 Å². The van der Waals surface area contributed by atoms with Gasteiger partial charge in [-0.2, -0.15) is 5.10 Å². The number of anilines is 1. The number of carbonyl (C=O) groups is 1. The average Bonchev–Trinajstić information content (AvgIpc) is 2.90. The number of carbonyl (C=O) groups excluding carboxylic acids is 1. The molecule has 0 unspecified atom stereocenters. The summed E-state index contributed by atoms with van der Waals surface area (Å²) in [7, 11) is 0. The smallest absolute Gasteiger partial charge is 0.311 e. The quantitative estimate of drug-likeness (QED) is 0.480. The summed E-state index contributed by atoms with van der Waals surface area (Å²) >= 11 is 7.27. The van der Waals surface area contributed by atoms with E-state index < -0.39 is 0 Å². The molecule has 0 saturated heterocycles. The maximum Gasteiger partial charge on any atom is 0.311 e. The largest absolute Gasteiger partial charge is 0.507 e. The topological polar surface area (TPSA) is 83.8 Å². The van der Waals surface area contributed by atoms with E-state index in [2.05, 4.69) is 15.5 Å². The molecule has 2 N–H and O–H groups in total. The van der Waals surface area contributed by atoms with Crippen LogP contribution < -0.4 is 5.43 Å². The Bertz CT molecular complexity index is 667. The molecule has 0 fully saturated rings. The van der Waals surface area contributed by atoms with Crippen LogP contribution in [0.3, 0.4) is 0 Å². The zero-order valence-electron chi connectivity index (χ0n) is 11.7. The van der Waals surface area contributed by atoms with Gasteiger partial charge >= 0.3 is 5.97 Å². The molecule has 0 aliphatic heterocycles. The summed E-state index contributed by atoms with van der Waals surface area (Å²) in [5.74, 6) is -0.274. The number of phenols is 1. The van der Waals surface area contributed by atoms with Gasteiger partial charge < -0.3 is 9.84 Å². The first kappa shape index (κ1) is 16.3. The molecule has 0 spiro atoms. The molecule has 0 bridgehead atoms. The number of rotatable bonds is 6. The highest BCUT2D eigenvalue weighted by Gasteiger charge is 2.08. The van der Waals surface area contributed by atoms with Gasteiger partial charge in [-0.25, -0.2) is 4.98 Å². The average molecular weight is 340 g/mol. The summed E-state index contributed by atoms with van der Waals surface area (Å²) in [6.45, 7) is 2.10. The summed E-state index contributed by atoms with van der Waals surface area (Å²) in [4.78, 5) is 15.6. The fourth-order valence-corrected chi connectivity index (χ4v) is 2.48. The number of hydrogen-bond donors (Lipinski definition) is 2. The summed E-state index contributed by atoms with van der Waals surface area (Å²) in [6.07, 6.45) is 1.53. The molecule has 8 heteroatoms. The zero-order chi connectivity index (χ0) is 15.9. The van der Waals surface area contributed by atoms with E-state index in [1.165, 1.54) is 23.6 Å². The molecule has 2 rings (SSSR count). The highest BCUT2D eigenvalue weighted by atomic mass is 35.5. The molecule has 116 valence electrons. The lowest BCUT2D eigenvalue weighted by Gasteiger charge is -2.00. The maximum atomic E-state index is 11.3. The second-order valence-corrected chi connectivity index (χ2v) is 5.43. The molecule has 2 aromatic rings. The highest BCUT2D eigenvalue weighted by molar-refractivity contribution is 7.13. The minimum absolute atomic E-state index is 0.0418. The lowest BCUT2D eigenvalue weighted by atomic mass is 10.2. The fourth-order valence-electron chi connectivity index (χ4n) is 1.60.